The van der Waals surface area contributed by atoms with E-state index in [0.29, 0.717) is 0 Å². The molecule has 128 valence electrons. The third-order valence-electron chi connectivity index (χ3n) is 3.39. The number of imidazole rings is 1. The molecule has 0 aliphatic carbocycles. The number of hydrogen-bond donors (Lipinski definition) is 5. The van der Waals surface area contributed by atoms with Crippen molar-refractivity contribution in [1.29, 1.82) is 0 Å². The number of nitrogens with two attached hydrogens (primary N) is 1. The number of aliphatic hydroxyl groups excluding tert-OH is 1. The summed E-state index contributed by atoms with van der Waals surface area (Å²) < 4.78 is 22.5. The SMILES string of the molecule is Nc1nc2c(ncn2[C@H]2C[C@H](OP(=O)(O)O)[C@@H](CO)O2)c(=O)[nH]1.[Na].[Na]. The van der Waals surface area contributed by atoms with E-state index in [4.69, 9.17) is 20.3 Å². The van der Waals surface area contributed by atoms with Crippen molar-refractivity contribution in [3.63, 3.8) is 0 Å². The molecule has 0 amide bonds. The number of H-pyrrole nitrogens is 1. The number of nitrogen functional groups attached to an aromatic ring is 1. The second-order valence-electron chi connectivity index (χ2n) is 4.96. The molecule has 0 saturated carbocycles. The standard InChI is InChI=1S/C10H14N5O7P.2Na/c11-10-13-8-7(9(17)14-10)12-3-15(8)6-1-4(5(2-16)21-6)22-23(18,19)20;;/h3-6,16H,1-2H2,(H2,18,19,20)(H3,11,13,14,17);;/t4-,5+,6+;;/m0../s1. The van der Waals surface area contributed by atoms with Crippen molar-refractivity contribution in [1.82, 2.24) is 19.5 Å². The molecule has 1 aliphatic rings. The number of ether oxygens (including phenoxy) is 1. The fraction of sp³-hybridized carbons (Fsp3) is 0.500. The van der Waals surface area contributed by atoms with E-state index in [1.165, 1.54) is 10.9 Å². The average molecular weight is 393 g/mol. The molecule has 6 N–H and O–H groups in total. The van der Waals surface area contributed by atoms with Crippen LogP contribution in [0.4, 0.5) is 5.95 Å². The van der Waals surface area contributed by atoms with Crippen LogP contribution in [0.1, 0.15) is 12.6 Å². The predicted molar refractivity (Wildman–Crippen MR) is 86.6 cm³/mol. The molecule has 2 radical (unpaired) electrons. The first-order valence-corrected chi connectivity index (χ1v) is 8.04. The molecular weight excluding hydrogens is 379 g/mol. The van der Waals surface area contributed by atoms with Crippen LogP contribution in [0.15, 0.2) is 11.1 Å². The zero-order chi connectivity index (χ0) is 16.8. The first kappa shape index (κ1) is 23.2. The summed E-state index contributed by atoms with van der Waals surface area (Å²) in [7, 11) is -4.74. The van der Waals surface area contributed by atoms with Crippen LogP contribution >= 0.6 is 7.82 Å². The van der Waals surface area contributed by atoms with Gasteiger partial charge in [-0.1, -0.05) is 0 Å². The van der Waals surface area contributed by atoms with Gasteiger partial charge in [0, 0.05) is 65.5 Å². The molecule has 3 heterocycles. The number of aliphatic hydroxyl groups is 1. The van der Waals surface area contributed by atoms with Crippen LogP contribution in [0.3, 0.4) is 0 Å². The number of hydrogen-bond acceptors (Lipinski definition) is 8. The second-order valence-corrected chi connectivity index (χ2v) is 6.15. The number of phosphoric ester groups is 1. The smallest absolute Gasteiger partial charge is 0.394 e. The van der Waals surface area contributed by atoms with E-state index in [2.05, 4.69) is 19.5 Å². The summed E-state index contributed by atoms with van der Waals surface area (Å²) in [6.45, 7) is -0.496. The molecule has 0 unspecified atom stereocenters. The number of rotatable bonds is 4. The first-order valence-electron chi connectivity index (χ1n) is 6.51. The Kier molecular flexibility index (Phi) is 8.28. The van der Waals surface area contributed by atoms with Crippen LogP contribution in [-0.2, 0) is 13.8 Å². The van der Waals surface area contributed by atoms with Gasteiger partial charge in [0.15, 0.2) is 11.2 Å². The quantitative estimate of drug-likeness (QED) is 0.279. The van der Waals surface area contributed by atoms with Gasteiger partial charge >= 0.3 is 7.82 Å². The van der Waals surface area contributed by atoms with E-state index in [1.807, 2.05) is 0 Å². The predicted octanol–water partition coefficient (Wildman–Crippen LogP) is -2.30. The fourth-order valence-electron chi connectivity index (χ4n) is 2.48. The van der Waals surface area contributed by atoms with E-state index < -0.39 is 38.4 Å². The van der Waals surface area contributed by atoms with Crippen LogP contribution < -0.4 is 11.3 Å². The summed E-state index contributed by atoms with van der Waals surface area (Å²) in [5, 5.41) is 9.28. The Bertz CT molecular complexity index is 839. The van der Waals surface area contributed by atoms with Crippen molar-refractivity contribution in [2.24, 2.45) is 0 Å². The molecule has 3 rings (SSSR count). The van der Waals surface area contributed by atoms with Gasteiger partial charge in [-0.3, -0.25) is 18.9 Å². The van der Waals surface area contributed by atoms with Crippen molar-refractivity contribution in [3.8, 4) is 0 Å². The van der Waals surface area contributed by atoms with Crippen LogP contribution in [0.5, 0.6) is 0 Å². The number of fused-ring (bicyclic) bond motifs is 1. The van der Waals surface area contributed by atoms with E-state index in [0.717, 1.165) is 0 Å². The summed E-state index contributed by atoms with van der Waals surface area (Å²) in [6, 6.07) is 0. The monoisotopic (exact) mass is 393 g/mol. The number of phosphoric acid groups is 1. The molecular formula is C10H14N5Na2O7P. The Labute approximate surface area is 184 Å². The first-order chi connectivity index (χ1) is 10.8. The minimum atomic E-state index is -4.74. The maximum Gasteiger partial charge on any atom is 0.469 e. The maximum absolute atomic E-state index is 11.7. The zero-order valence-electron chi connectivity index (χ0n) is 13.6. The van der Waals surface area contributed by atoms with Crippen LogP contribution in [-0.4, -0.2) is 112 Å². The van der Waals surface area contributed by atoms with Crippen LogP contribution in [0, 0.1) is 0 Å². The van der Waals surface area contributed by atoms with E-state index in [1.54, 1.807) is 0 Å². The van der Waals surface area contributed by atoms with Crippen LogP contribution in [0.2, 0.25) is 0 Å². The molecule has 1 aliphatic heterocycles. The molecule has 0 aromatic carbocycles. The van der Waals surface area contributed by atoms with E-state index >= 15 is 0 Å². The number of aromatic nitrogens is 4. The van der Waals surface area contributed by atoms with E-state index in [-0.39, 0.29) is 82.6 Å². The Balaban J connectivity index is 0.00000156. The third kappa shape index (κ3) is 5.12. The second kappa shape index (κ2) is 8.91. The van der Waals surface area contributed by atoms with Gasteiger partial charge in [0.1, 0.15) is 18.4 Å². The summed E-state index contributed by atoms with van der Waals surface area (Å²) in [5.74, 6) is -0.107. The van der Waals surface area contributed by atoms with Gasteiger partial charge < -0.3 is 25.4 Å². The molecule has 2 aromatic heterocycles. The maximum atomic E-state index is 11.7. The van der Waals surface area contributed by atoms with Gasteiger partial charge in [-0.25, -0.2) is 9.55 Å². The van der Waals surface area contributed by atoms with Gasteiger partial charge in [-0.2, -0.15) is 4.98 Å². The minimum Gasteiger partial charge on any atom is -0.394 e. The van der Waals surface area contributed by atoms with Gasteiger partial charge in [0.05, 0.1) is 12.9 Å². The van der Waals surface area contributed by atoms with Crippen molar-refractivity contribution in [2.45, 2.75) is 24.9 Å². The van der Waals surface area contributed by atoms with Crippen LogP contribution in [0.25, 0.3) is 11.2 Å². The minimum absolute atomic E-state index is 0. The molecule has 2 aromatic rings. The molecule has 1 fully saturated rings. The van der Waals surface area contributed by atoms with E-state index in [9.17, 15) is 14.5 Å². The number of aromatic amines is 1. The molecule has 3 atom stereocenters. The topological polar surface area (TPSA) is 186 Å². The molecule has 0 spiro atoms. The number of nitrogens with zero attached hydrogens (tertiary/aromatic N) is 3. The van der Waals surface area contributed by atoms with Crippen molar-refractivity contribution >= 4 is 84.0 Å². The van der Waals surface area contributed by atoms with Crippen molar-refractivity contribution < 1.29 is 28.7 Å². The Morgan fingerprint density at radius 3 is 2.76 bits per heavy atom. The third-order valence-corrected chi connectivity index (χ3v) is 3.94. The van der Waals surface area contributed by atoms with Crippen molar-refractivity contribution in [2.75, 3.05) is 12.3 Å². The normalized spacial score (nSPS) is 23.2. The Morgan fingerprint density at radius 2 is 2.16 bits per heavy atom. The number of anilines is 1. The van der Waals surface area contributed by atoms with Gasteiger partial charge in [-0.05, 0) is 0 Å². The Hall–Kier alpha value is 0.180. The van der Waals surface area contributed by atoms with Gasteiger partial charge in [0.25, 0.3) is 5.56 Å². The summed E-state index contributed by atoms with van der Waals surface area (Å²) >= 11 is 0. The van der Waals surface area contributed by atoms with Crippen molar-refractivity contribution in [3.05, 3.63) is 16.7 Å². The summed E-state index contributed by atoms with van der Waals surface area (Å²) in [6.07, 6.45) is -1.42. The van der Waals surface area contributed by atoms with Gasteiger partial charge in [-0.15, -0.1) is 0 Å². The van der Waals surface area contributed by atoms with Gasteiger partial charge in [0.2, 0.25) is 5.95 Å². The summed E-state index contributed by atoms with van der Waals surface area (Å²) in [4.78, 5) is 39.8. The average Bonchev–Trinajstić information content (AvgIpc) is 3.00. The summed E-state index contributed by atoms with van der Waals surface area (Å²) in [5.41, 5.74) is 5.18. The fourth-order valence-corrected chi connectivity index (χ4v) is 3.05. The molecule has 15 heteroatoms. The number of nitrogens with one attached hydrogen (secondary N) is 1. The zero-order valence-corrected chi connectivity index (χ0v) is 18.5. The molecule has 1 saturated heterocycles. The Morgan fingerprint density at radius 1 is 1.48 bits per heavy atom. The molecule has 0 bridgehead atoms. The molecule has 25 heavy (non-hydrogen) atoms. The largest absolute Gasteiger partial charge is 0.469 e. The molecule has 12 nitrogen and oxygen atoms in total.